The van der Waals surface area contributed by atoms with Gasteiger partial charge in [0.2, 0.25) is 0 Å². The first kappa shape index (κ1) is 23.5. The second kappa shape index (κ2) is 9.57. The Labute approximate surface area is 190 Å². The molecule has 3 N–H and O–H groups in total. The van der Waals surface area contributed by atoms with E-state index < -0.39 is 38.0 Å². The van der Waals surface area contributed by atoms with Gasteiger partial charge in [-0.2, -0.15) is 13.2 Å². The van der Waals surface area contributed by atoms with Crippen molar-refractivity contribution in [3.63, 3.8) is 0 Å². The SMILES string of the molecule is O=C(NCc1cccnc1)Nc1ccc(NS(=O)(=O)c2ccccc2)c(Br)c1C(F)(F)F. The van der Waals surface area contributed by atoms with Gasteiger partial charge in [0.1, 0.15) is 0 Å². The number of anilines is 2. The monoisotopic (exact) mass is 528 g/mol. The van der Waals surface area contributed by atoms with Gasteiger partial charge in [0.25, 0.3) is 10.0 Å². The molecule has 3 rings (SSSR count). The standard InChI is InChI=1S/C20H16BrF3N4O3S/c21-18-16(28-32(30,31)14-6-2-1-3-7-14)9-8-15(17(18)20(22,23)24)27-19(29)26-12-13-5-4-10-25-11-13/h1-11,28H,12H2,(H2,26,27,29). The molecule has 0 saturated heterocycles. The molecule has 12 heteroatoms. The number of urea groups is 1. The quantitative estimate of drug-likeness (QED) is 0.419. The highest BCUT2D eigenvalue weighted by atomic mass is 79.9. The zero-order valence-corrected chi connectivity index (χ0v) is 18.6. The van der Waals surface area contributed by atoms with Crippen LogP contribution in [0.1, 0.15) is 11.1 Å². The minimum Gasteiger partial charge on any atom is -0.334 e. The summed E-state index contributed by atoms with van der Waals surface area (Å²) >= 11 is 2.83. The third kappa shape index (κ3) is 5.77. The summed E-state index contributed by atoms with van der Waals surface area (Å²) in [4.78, 5) is 15.9. The number of halogens is 4. The summed E-state index contributed by atoms with van der Waals surface area (Å²) < 4.78 is 67.8. The van der Waals surface area contributed by atoms with Crippen molar-refractivity contribution in [2.24, 2.45) is 0 Å². The lowest BCUT2D eigenvalue weighted by molar-refractivity contribution is -0.137. The fourth-order valence-electron chi connectivity index (χ4n) is 2.69. The van der Waals surface area contributed by atoms with Crippen molar-refractivity contribution in [2.75, 3.05) is 10.0 Å². The van der Waals surface area contributed by atoms with Crippen LogP contribution in [0.3, 0.4) is 0 Å². The molecule has 0 aliphatic heterocycles. The predicted octanol–water partition coefficient (Wildman–Crippen LogP) is 4.99. The molecular formula is C20H16BrF3N4O3S. The zero-order valence-electron chi connectivity index (χ0n) is 16.2. The van der Waals surface area contributed by atoms with Crippen LogP contribution in [0.15, 0.2) is 76.4 Å². The molecule has 0 spiro atoms. The number of rotatable bonds is 6. The summed E-state index contributed by atoms with van der Waals surface area (Å²) in [5.41, 5.74) is -1.45. The predicted molar refractivity (Wildman–Crippen MR) is 116 cm³/mol. The fourth-order valence-corrected chi connectivity index (χ4v) is 4.58. The molecule has 0 atom stereocenters. The maximum absolute atomic E-state index is 13.8. The summed E-state index contributed by atoms with van der Waals surface area (Å²) in [7, 11) is -4.13. The van der Waals surface area contributed by atoms with E-state index in [0.29, 0.717) is 5.56 Å². The van der Waals surface area contributed by atoms with Crippen LogP contribution >= 0.6 is 15.9 Å². The molecule has 1 aromatic heterocycles. The average Bonchev–Trinajstić information content (AvgIpc) is 2.75. The Balaban J connectivity index is 1.85. The molecule has 1 heterocycles. The first-order chi connectivity index (χ1) is 15.1. The highest BCUT2D eigenvalue weighted by Crippen LogP contribution is 2.43. The van der Waals surface area contributed by atoms with E-state index in [4.69, 9.17) is 0 Å². The number of sulfonamides is 1. The van der Waals surface area contributed by atoms with Crippen molar-refractivity contribution in [3.05, 3.63) is 82.6 Å². The lowest BCUT2D eigenvalue weighted by Gasteiger charge is -2.19. The van der Waals surface area contributed by atoms with Gasteiger partial charge in [-0.3, -0.25) is 9.71 Å². The van der Waals surface area contributed by atoms with E-state index in [1.54, 1.807) is 24.4 Å². The molecule has 0 bridgehead atoms. The zero-order chi connectivity index (χ0) is 23.4. The number of benzene rings is 2. The summed E-state index contributed by atoms with van der Waals surface area (Å²) in [6, 6.07) is 11.8. The van der Waals surface area contributed by atoms with Crippen LogP contribution < -0.4 is 15.4 Å². The van der Waals surface area contributed by atoms with Gasteiger partial charge >= 0.3 is 12.2 Å². The molecule has 0 fully saturated rings. The minimum atomic E-state index is -4.89. The summed E-state index contributed by atoms with van der Waals surface area (Å²) in [6.45, 7) is 0.0527. The number of alkyl halides is 3. The number of nitrogens with one attached hydrogen (secondary N) is 3. The second-order valence-corrected chi connectivity index (χ2v) is 8.91. The molecule has 0 aliphatic carbocycles. The Morgan fingerprint density at radius 2 is 1.69 bits per heavy atom. The summed E-state index contributed by atoms with van der Waals surface area (Å²) in [5.74, 6) is 0. The third-order valence-corrected chi connectivity index (χ3v) is 6.35. The molecule has 2 amide bonds. The Morgan fingerprint density at radius 3 is 2.31 bits per heavy atom. The highest BCUT2D eigenvalue weighted by molar-refractivity contribution is 9.10. The number of hydrogen-bond donors (Lipinski definition) is 3. The van der Waals surface area contributed by atoms with E-state index in [1.807, 2.05) is 0 Å². The van der Waals surface area contributed by atoms with Crippen molar-refractivity contribution < 1.29 is 26.4 Å². The van der Waals surface area contributed by atoms with E-state index in [-0.39, 0.29) is 17.1 Å². The van der Waals surface area contributed by atoms with Gasteiger partial charge in [0.05, 0.1) is 26.3 Å². The van der Waals surface area contributed by atoms with Crippen LogP contribution in [0, 0.1) is 0 Å². The van der Waals surface area contributed by atoms with E-state index in [1.165, 1.54) is 30.5 Å². The van der Waals surface area contributed by atoms with Gasteiger partial charge < -0.3 is 10.6 Å². The normalized spacial score (nSPS) is 11.6. The first-order valence-corrected chi connectivity index (χ1v) is 11.3. The average molecular weight is 529 g/mol. The lowest BCUT2D eigenvalue weighted by Crippen LogP contribution is -2.29. The number of hydrogen-bond acceptors (Lipinski definition) is 4. The van der Waals surface area contributed by atoms with Crippen LogP contribution in [-0.4, -0.2) is 19.4 Å². The van der Waals surface area contributed by atoms with E-state index in [9.17, 15) is 26.4 Å². The van der Waals surface area contributed by atoms with Crippen LogP contribution in [-0.2, 0) is 22.7 Å². The van der Waals surface area contributed by atoms with Gasteiger partial charge in [-0.25, -0.2) is 13.2 Å². The van der Waals surface area contributed by atoms with E-state index in [0.717, 1.165) is 12.1 Å². The lowest BCUT2D eigenvalue weighted by atomic mass is 10.1. The van der Waals surface area contributed by atoms with Gasteiger partial charge in [-0.15, -0.1) is 0 Å². The number of carbonyl (C=O) groups is 1. The molecule has 0 unspecified atom stereocenters. The minimum absolute atomic E-state index is 0.0527. The Morgan fingerprint density at radius 1 is 1.00 bits per heavy atom. The second-order valence-electron chi connectivity index (χ2n) is 6.43. The summed E-state index contributed by atoms with van der Waals surface area (Å²) in [5, 5.41) is 4.59. The van der Waals surface area contributed by atoms with Crippen molar-refractivity contribution in [1.29, 1.82) is 0 Å². The van der Waals surface area contributed by atoms with Crippen LogP contribution in [0.25, 0.3) is 0 Å². The molecule has 0 saturated carbocycles. The number of carbonyl (C=O) groups excluding carboxylic acids is 1. The molecule has 168 valence electrons. The van der Waals surface area contributed by atoms with Crippen LogP contribution in [0.4, 0.5) is 29.3 Å². The van der Waals surface area contributed by atoms with Gasteiger partial charge in [-0.05, 0) is 51.8 Å². The van der Waals surface area contributed by atoms with Crippen LogP contribution in [0.5, 0.6) is 0 Å². The Bertz CT molecular complexity index is 1210. The number of aromatic nitrogens is 1. The molecule has 2 aromatic carbocycles. The third-order valence-electron chi connectivity index (χ3n) is 4.15. The molecule has 32 heavy (non-hydrogen) atoms. The molecule has 0 aliphatic rings. The number of nitrogens with zero attached hydrogens (tertiary/aromatic N) is 1. The van der Waals surface area contributed by atoms with Crippen molar-refractivity contribution in [2.45, 2.75) is 17.6 Å². The highest BCUT2D eigenvalue weighted by Gasteiger charge is 2.38. The number of pyridine rings is 1. The van der Waals surface area contributed by atoms with Crippen molar-refractivity contribution >= 4 is 43.4 Å². The largest absolute Gasteiger partial charge is 0.419 e. The van der Waals surface area contributed by atoms with Crippen molar-refractivity contribution in [1.82, 2.24) is 10.3 Å². The van der Waals surface area contributed by atoms with Gasteiger partial charge in [-0.1, -0.05) is 24.3 Å². The molecule has 0 radical (unpaired) electrons. The Kier molecular flexibility index (Phi) is 7.04. The molecular weight excluding hydrogens is 513 g/mol. The Hall–Kier alpha value is -3.12. The molecule has 7 nitrogen and oxygen atoms in total. The first-order valence-electron chi connectivity index (χ1n) is 8.99. The topological polar surface area (TPSA) is 100 Å². The maximum atomic E-state index is 13.8. The van der Waals surface area contributed by atoms with E-state index in [2.05, 4.69) is 36.3 Å². The van der Waals surface area contributed by atoms with Gasteiger partial charge in [0.15, 0.2) is 0 Å². The summed E-state index contributed by atoms with van der Waals surface area (Å²) in [6.07, 6.45) is -1.84. The molecule has 3 aromatic rings. The fraction of sp³-hybridized carbons (Fsp3) is 0.100. The van der Waals surface area contributed by atoms with Gasteiger partial charge in [0, 0.05) is 18.9 Å². The maximum Gasteiger partial charge on any atom is 0.419 e. The van der Waals surface area contributed by atoms with E-state index >= 15 is 0 Å². The number of amides is 2. The smallest absolute Gasteiger partial charge is 0.334 e. The van der Waals surface area contributed by atoms with Crippen LogP contribution in [0.2, 0.25) is 0 Å². The van der Waals surface area contributed by atoms with Crippen molar-refractivity contribution in [3.8, 4) is 0 Å².